The van der Waals surface area contributed by atoms with E-state index in [0.717, 1.165) is 16.8 Å². The van der Waals surface area contributed by atoms with Gasteiger partial charge in [-0.25, -0.2) is 13.6 Å². The fraction of sp³-hybridized carbons (Fsp3) is 0.423. The van der Waals surface area contributed by atoms with Gasteiger partial charge in [-0.3, -0.25) is 28.9 Å². The summed E-state index contributed by atoms with van der Waals surface area (Å²) in [4.78, 5) is 39.1. The van der Waals surface area contributed by atoms with E-state index >= 15 is 0 Å². The van der Waals surface area contributed by atoms with Gasteiger partial charge in [0.05, 0.1) is 16.7 Å². The van der Waals surface area contributed by atoms with Gasteiger partial charge in [-0.15, -0.1) is 0 Å². The standard InChI is InChI=1S/C26H29F2N5O3/c1-31-23-19(3-2-4-20(23)33(25(31)36)21-9-10-22(34)30-24(21)35)29-15-17-5-7-18(8-6-17)16-32-13-11-26(27,28)12-14-32/h2-8,21,29H,9-16H2,1H3,(H,30,34,35). The van der Waals surface area contributed by atoms with E-state index in [1.54, 1.807) is 13.1 Å². The third-order valence-electron chi connectivity index (χ3n) is 7.12. The Hall–Kier alpha value is -3.53. The highest BCUT2D eigenvalue weighted by atomic mass is 19.3. The molecule has 10 heteroatoms. The van der Waals surface area contributed by atoms with Crippen LogP contribution in [0.4, 0.5) is 14.5 Å². The molecule has 2 amide bonds. The van der Waals surface area contributed by atoms with Crippen molar-refractivity contribution >= 4 is 28.5 Å². The van der Waals surface area contributed by atoms with Crippen molar-refractivity contribution in [2.75, 3.05) is 18.4 Å². The van der Waals surface area contributed by atoms with Crippen LogP contribution >= 0.6 is 0 Å². The lowest BCUT2D eigenvalue weighted by Crippen LogP contribution is -2.44. The van der Waals surface area contributed by atoms with Crippen LogP contribution in [0.5, 0.6) is 0 Å². The van der Waals surface area contributed by atoms with Crippen molar-refractivity contribution in [1.82, 2.24) is 19.4 Å². The predicted molar refractivity (Wildman–Crippen MR) is 132 cm³/mol. The molecule has 2 fully saturated rings. The maximum Gasteiger partial charge on any atom is 0.329 e. The summed E-state index contributed by atoms with van der Waals surface area (Å²) >= 11 is 0. The van der Waals surface area contributed by atoms with Gasteiger partial charge in [0.25, 0.3) is 5.92 Å². The minimum Gasteiger partial charge on any atom is -0.379 e. The van der Waals surface area contributed by atoms with E-state index in [1.807, 2.05) is 36.4 Å². The largest absolute Gasteiger partial charge is 0.379 e. The van der Waals surface area contributed by atoms with E-state index in [1.165, 1.54) is 9.13 Å². The summed E-state index contributed by atoms with van der Waals surface area (Å²) in [5.74, 6) is -3.32. The molecule has 5 rings (SSSR count). The quantitative estimate of drug-likeness (QED) is 0.511. The number of hydrogen-bond acceptors (Lipinski definition) is 5. The summed E-state index contributed by atoms with van der Waals surface area (Å²) in [6.45, 7) is 1.97. The summed E-state index contributed by atoms with van der Waals surface area (Å²) in [6, 6.07) is 12.8. The smallest absolute Gasteiger partial charge is 0.329 e. The van der Waals surface area contributed by atoms with Crippen molar-refractivity contribution in [3.05, 3.63) is 64.1 Å². The number of imidazole rings is 1. The van der Waals surface area contributed by atoms with Crippen molar-refractivity contribution in [3.63, 3.8) is 0 Å². The Morgan fingerprint density at radius 1 is 1.03 bits per heavy atom. The van der Waals surface area contributed by atoms with Gasteiger partial charge >= 0.3 is 5.69 Å². The van der Waals surface area contributed by atoms with E-state index in [-0.39, 0.29) is 37.3 Å². The second-order valence-corrected chi connectivity index (χ2v) is 9.65. The number of nitrogens with zero attached hydrogens (tertiary/aromatic N) is 3. The van der Waals surface area contributed by atoms with Crippen molar-refractivity contribution in [2.24, 2.45) is 7.05 Å². The molecule has 0 bridgehead atoms. The third kappa shape index (κ3) is 4.77. The molecule has 36 heavy (non-hydrogen) atoms. The van der Waals surface area contributed by atoms with Crippen LogP contribution in [0.15, 0.2) is 47.3 Å². The molecule has 0 saturated carbocycles. The molecular formula is C26H29F2N5O3. The molecule has 0 radical (unpaired) electrons. The number of hydrogen-bond donors (Lipinski definition) is 2. The maximum atomic E-state index is 13.4. The molecule has 2 aliphatic rings. The normalized spacial score (nSPS) is 20.5. The molecule has 0 aliphatic carbocycles. The highest BCUT2D eigenvalue weighted by molar-refractivity contribution is 6.00. The highest BCUT2D eigenvalue weighted by Crippen LogP contribution is 2.29. The second kappa shape index (κ2) is 9.50. The zero-order valence-corrected chi connectivity index (χ0v) is 20.1. The molecule has 8 nitrogen and oxygen atoms in total. The van der Waals surface area contributed by atoms with Crippen LogP contribution in [0.2, 0.25) is 0 Å². The summed E-state index contributed by atoms with van der Waals surface area (Å²) in [5.41, 5.74) is 3.88. The molecule has 3 heterocycles. The lowest BCUT2D eigenvalue weighted by atomic mass is 10.1. The first kappa shape index (κ1) is 24.2. The number of anilines is 1. The number of rotatable bonds is 6. The number of amides is 2. The Morgan fingerprint density at radius 3 is 2.42 bits per heavy atom. The molecule has 2 aromatic carbocycles. The number of likely N-dealkylation sites (tertiary alicyclic amines) is 1. The van der Waals surface area contributed by atoms with Crippen LogP contribution < -0.4 is 16.3 Å². The molecule has 2 N–H and O–H groups in total. The van der Waals surface area contributed by atoms with Crippen molar-refractivity contribution in [2.45, 2.75) is 50.7 Å². The van der Waals surface area contributed by atoms with Crippen molar-refractivity contribution in [1.29, 1.82) is 0 Å². The minimum absolute atomic E-state index is 0.0890. The van der Waals surface area contributed by atoms with Gasteiger partial charge in [-0.2, -0.15) is 0 Å². The Morgan fingerprint density at radius 2 is 1.72 bits per heavy atom. The van der Waals surface area contributed by atoms with Gasteiger partial charge in [0.15, 0.2) is 0 Å². The van der Waals surface area contributed by atoms with E-state index in [0.29, 0.717) is 37.2 Å². The lowest BCUT2D eigenvalue weighted by molar-refractivity contribution is -0.135. The summed E-state index contributed by atoms with van der Waals surface area (Å²) < 4.78 is 29.8. The number of aromatic nitrogens is 2. The Bertz CT molecular complexity index is 1350. The first-order chi connectivity index (χ1) is 17.2. The SMILES string of the molecule is Cn1c(=O)n(C2CCC(=O)NC2=O)c2cccc(NCc3ccc(CN4CCC(F)(F)CC4)cc3)c21. The molecule has 0 spiro atoms. The first-order valence-corrected chi connectivity index (χ1v) is 12.2. The topological polar surface area (TPSA) is 88.4 Å². The lowest BCUT2D eigenvalue weighted by Gasteiger charge is -2.31. The number of carbonyl (C=O) groups excluding carboxylic acids is 2. The zero-order chi connectivity index (χ0) is 25.4. The Labute approximate surface area is 206 Å². The molecule has 3 aromatic rings. The van der Waals surface area contributed by atoms with Gasteiger partial charge in [-0.05, 0) is 29.7 Å². The highest BCUT2D eigenvalue weighted by Gasteiger charge is 2.34. The van der Waals surface area contributed by atoms with E-state index in [2.05, 4.69) is 15.5 Å². The number of piperidine rings is 2. The molecule has 1 aromatic heterocycles. The van der Waals surface area contributed by atoms with E-state index in [4.69, 9.17) is 0 Å². The first-order valence-electron chi connectivity index (χ1n) is 12.2. The van der Waals surface area contributed by atoms with E-state index < -0.39 is 17.9 Å². The van der Waals surface area contributed by atoms with Crippen LogP contribution in [-0.2, 0) is 29.7 Å². The average Bonchev–Trinajstić information content (AvgIpc) is 3.10. The van der Waals surface area contributed by atoms with Crippen LogP contribution in [0.1, 0.15) is 42.9 Å². The number of imide groups is 1. The monoisotopic (exact) mass is 497 g/mol. The molecule has 2 aliphatic heterocycles. The van der Waals surface area contributed by atoms with Gasteiger partial charge in [-0.1, -0.05) is 30.3 Å². The second-order valence-electron chi connectivity index (χ2n) is 9.65. The number of nitrogens with one attached hydrogen (secondary N) is 2. The van der Waals surface area contributed by atoms with Crippen LogP contribution in [-0.4, -0.2) is 44.9 Å². The number of fused-ring (bicyclic) bond motifs is 1. The predicted octanol–water partition coefficient (Wildman–Crippen LogP) is 3.16. The van der Waals surface area contributed by atoms with Crippen molar-refractivity contribution < 1.29 is 18.4 Å². The molecule has 2 saturated heterocycles. The number of para-hydroxylation sites is 1. The van der Waals surface area contributed by atoms with Crippen molar-refractivity contribution in [3.8, 4) is 0 Å². The minimum atomic E-state index is -2.54. The molecule has 1 unspecified atom stereocenters. The Kier molecular flexibility index (Phi) is 6.38. The zero-order valence-electron chi connectivity index (χ0n) is 20.1. The fourth-order valence-electron chi connectivity index (χ4n) is 5.07. The third-order valence-corrected chi connectivity index (χ3v) is 7.12. The summed E-state index contributed by atoms with van der Waals surface area (Å²) in [7, 11) is 1.67. The summed E-state index contributed by atoms with van der Waals surface area (Å²) in [5, 5.41) is 5.72. The van der Waals surface area contributed by atoms with Gasteiger partial charge in [0.1, 0.15) is 6.04 Å². The maximum absolute atomic E-state index is 13.4. The summed E-state index contributed by atoms with van der Waals surface area (Å²) in [6.07, 6.45) is 0.299. The van der Waals surface area contributed by atoms with E-state index in [9.17, 15) is 23.2 Å². The fourth-order valence-corrected chi connectivity index (χ4v) is 5.07. The number of benzene rings is 2. The molecular weight excluding hydrogens is 468 g/mol. The number of carbonyl (C=O) groups is 2. The number of alkyl halides is 2. The van der Waals surface area contributed by atoms with Crippen LogP contribution in [0.25, 0.3) is 11.0 Å². The van der Waals surface area contributed by atoms with Gasteiger partial charge in [0.2, 0.25) is 11.8 Å². The van der Waals surface area contributed by atoms with Gasteiger partial charge in [0, 0.05) is 52.5 Å². The van der Waals surface area contributed by atoms with Crippen LogP contribution in [0.3, 0.4) is 0 Å². The number of halogens is 2. The molecule has 1 atom stereocenters. The van der Waals surface area contributed by atoms with Crippen LogP contribution in [0, 0.1) is 0 Å². The molecule has 190 valence electrons. The average molecular weight is 498 g/mol. The Balaban J connectivity index is 1.30. The number of aryl methyl sites for hydroxylation is 1. The van der Waals surface area contributed by atoms with Gasteiger partial charge < -0.3 is 5.32 Å².